The third-order valence-electron chi connectivity index (χ3n) is 10.4. The fraction of sp³-hybridized carbons (Fsp3) is 0.472. The highest BCUT2D eigenvalue weighted by Crippen LogP contribution is 2.41. The third kappa shape index (κ3) is 6.50. The number of anilines is 1. The van der Waals surface area contributed by atoms with E-state index < -0.39 is 30.1 Å². The molecule has 8 nitrogen and oxygen atoms in total. The summed E-state index contributed by atoms with van der Waals surface area (Å²) in [5.74, 6) is -0.140. The highest BCUT2D eigenvalue weighted by atomic mass is 19.4. The van der Waals surface area contributed by atoms with Crippen molar-refractivity contribution < 1.29 is 31.4 Å². The molecule has 4 aliphatic heterocycles. The number of pyridine rings is 1. The summed E-state index contributed by atoms with van der Waals surface area (Å²) < 4.78 is 84.7. The van der Waals surface area contributed by atoms with E-state index in [1.807, 2.05) is 30.3 Å². The van der Waals surface area contributed by atoms with Gasteiger partial charge in [0.25, 0.3) is 0 Å². The van der Waals surface area contributed by atoms with E-state index in [-0.39, 0.29) is 59.4 Å². The van der Waals surface area contributed by atoms with Crippen molar-refractivity contribution in [2.45, 2.75) is 75.1 Å². The van der Waals surface area contributed by atoms with Gasteiger partial charge in [-0.05, 0) is 55.5 Å². The van der Waals surface area contributed by atoms with Crippen LogP contribution in [0.25, 0.3) is 22.2 Å². The summed E-state index contributed by atoms with van der Waals surface area (Å²) in [7, 11) is 0. The van der Waals surface area contributed by atoms with E-state index in [0.29, 0.717) is 37.3 Å². The Morgan fingerprint density at radius 1 is 0.980 bits per heavy atom. The SMILES string of the molecule is Fc1c(-c2cc(OCc3ccccc3)ccc2CC(F)(F)F)ncc2c(N3CC4CCC(C3)N4)nc(OC[C@@]34CCCN3C[C@H](F)C4)nc12. The number of halogens is 5. The molecule has 6 heterocycles. The summed E-state index contributed by atoms with van der Waals surface area (Å²) in [5.41, 5.74) is -0.149. The average Bonchev–Trinajstić information content (AvgIpc) is 3.73. The topological polar surface area (TPSA) is 75.6 Å². The van der Waals surface area contributed by atoms with Gasteiger partial charge < -0.3 is 19.7 Å². The molecule has 2 unspecified atom stereocenters. The van der Waals surface area contributed by atoms with E-state index in [1.165, 1.54) is 24.4 Å². The number of fused-ring (bicyclic) bond motifs is 4. The van der Waals surface area contributed by atoms with Crippen LogP contribution in [0.5, 0.6) is 11.8 Å². The molecule has 0 aliphatic carbocycles. The zero-order valence-corrected chi connectivity index (χ0v) is 26.9. The molecule has 4 aromatic rings. The first-order valence-electron chi connectivity index (χ1n) is 16.9. The molecule has 2 aromatic heterocycles. The molecule has 13 heteroatoms. The van der Waals surface area contributed by atoms with Gasteiger partial charge in [-0.15, -0.1) is 0 Å². The number of piperazine rings is 1. The Hall–Kier alpha value is -4.10. The van der Waals surface area contributed by atoms with Crippen molar-refractivity contribution in [2.24, 2.45) is 0 Å². The lowest BCUT2D eigenvalue weighted by molar-refractivity contribution is -0.127. The van der Waals surface area contributed by atoms with Crippen molar-refractivity contribution in [2.75, 3.05) is 37.7 Å². The minimum atomic E-state index is -4.54. The molecular weight excluding hydrogens is 643 g/mol. The maximum atomic E-state index is 16.8. The third-order valence-corrected chi connectivity index (χ3v) is 10.4. The second-order valence-corrected chi connectivity index (χ2v) is 13.8. The van der Waals surface area contributed by atoms with Gasteiger partial charge in [-0.3, -0.25) is 9.88 Å². The van der Waals surface area contributed by atoms with E-state index in [4.69, 9.17) is 14.5 Å². The molecule has 8 rings (SSSR count). The van der Waals surface area contributed by atoms with E-state index in [9.17, 15) is 17.6 Å². The fourth-order valence-electron chi connectivity index (χ4n) is 8.11. The Labute approximate surface area is 280 Å². The first-order chi connectivity index (χ1) is 23.6. The van der Waals surface area contributed by atoms with Gasteiger partial charge in [0.05, 0.1) is 17.3 Å². The van der Waals surface area contributed by atoms with Crippen molar-refractivity contribution in [3.63, 3.8) is 0 Å². The zero-order valence-electron chi connectivity index (χ0n) is 26.9. The van der Waals surface area contributed by atoms with Crippen LogP contribution >= 0.6 is 0 Å². The molecule has 0 radical (unpaired) electrons. The average molecular weight is 681 g/mol. The molecular formula is C36H37F5N6O2. The monoisotopic (exact) mass is 680 g/mol. The number of alkyl halides is 4. The largest absolute Gasteiger partial charge is 0.489 e. The minimum Gasteiger partial charge on any atom is -0.489 e. The van der Waals surface area contributed by atoms with Crippen LogP contribution in [0, 0.1) is 5.82 Å². The van der Waals surface area contributed by atoms with Crippen LogP contribution in [-0.2, 0) is 13.0 Å². The number of hydrogen-bond donors (Lipinski definition) is 1. The molecule has 49 heavy (non-hydrogen) atoms. The van der Waals surface area contributed by atoms with Gasteiger partial charge in [0.15, 0.2) is 5.82 Å². The van der Waals surface area contributed by atoms with Crippen LogP contribution in [0.1, 0.15) is 43.2 Å². The van der Waals surface area contributed by atoms with Crippen LogP contribution < -0.4 is 19.7 Å². The molecule has 4 fully saturated rings. The highest BCUT2D eigenvalue weighted by molar-refractivity contribution is 5.92. The Morgan fingerprint density at radius 3 is 2.55 bits per heavy atom. The summed E-state index contributed by atoms with van der Waals surface area (Å²) in [6.07, 6.45) is -1.24. The lowest BCUT2D eigenvalue weighted by atomic mass is 9.95. The quantitative estimate of drug-likeness (QED) is 0.204. The van der Waals surface area contributed by atoms with E-state index in [2.05, 4.69) is 25.1 Å². The molecule has 2 bridgehead atoms. The number of nitrogens with one attached hydrogen (secondary N) is 1. The molecule has 258 valence electrons. The Morgan fingerprint density at radius 2 is 1.78 bits per heavy atom. The summed E-state index contributed by atoms with van der Waals surface area (Å²) in [6.45, 7) is 2.76. The summed E-state index contributed by atoms with van der Waals surface area (Å²) >= 11 is 0. The summed E-state index contributed by atoms with van der Waals surface area (Å²) in [6, 6.07) is 13.9. The second kappa shape index (κ2) is 12.7. The summed E-state index contributed by atoms with van der Waals surface area (Å²) in [4.78, 5) is 17.9. The van der Waals surface area contributed by atoms with Crippen molar-refractivity contribution >= 4 is 16.7 Å². The molecule has 0 amide bonds. The number of ether oxygens (including phenoxy) is 2. The molecule has 4 atom stereocenters. The lowest BCUT2D eigenvalue weighted by Gasteiger charge is -2.34. The van der Waals surface area contributed by atoms with Crippen LogP contribution in [-0.4, -0.2) is 82.6 Å². The molecule has 0 saturated carbocycles. The maximum absolute atomic E-state index is 16.8. The number of aromatic nitrogens is 3. The van der Waals surface area contributed by atoms with E-state index in [0.717, 1.165) is 37.8 Å². The lowest BCUT2D eigenvalue weighted by Crippen LogP contribution is -2.51. The van der Waals surface area contributed by atoms with Crippen molar-refractivity contribution in [1.82, 2.24) is 25.2 Å². The maximum Gasteiger partial charge on any atom is 0.393 e. The van der Waals surface area contributed by atoms with Crippen LogP contribution in [0.3, 0.4) is 0 Å². The first kappa shape index (κ1) is 32.1. The fourth-order valence-corrected chi connectivity index (χ4v) is 8.11. The number of hydrogen-bond acceptors (Lipinski definition) is 8. The number of nitrogens with zero attached hydrogens (tertiary/aromatic N) is 5. The zero-order chi connectivity index (χ0) is 33.8. The second-order valence-electron chi connectivity index (χ2n) is 13.8. The molecule has 4 aliphatic rings. The van der Waals surface area contributed by atoms with Gasteiger partial charge in [-0.25, -0.2) is 8.78 Å². The van der Waals surface area contributed by atoms with Gasteiger partial charge in [0, 0.05) is 49.9 Å². The number of benzene rings is 2. The van der Waals surface area contributed by atoms with Crippen LogP contribution in [0.15, 0.2) is 54.7 Å². The van der Waals surface area contributed by atoms with Gasteiger partial charge in [0.2, 0.25) is 0 Å². The van der Waals surface area contributed by atoms with Gasteiger partial charge >= 0.3 is 12.2 Å². The van der Waals surface area contributed by atoms with E-state index >= 15 is 4.39 Å². The van der Waals surface area contributed by atoms with Crippen molar-refractivity contribution in [3.8, 4) is 23.0 Å². The molecule has 1 N–H and O–H groups in total. The van der Waals surface area contributed by atoms with Crippen LogP contribution in [0.4, 0.5) is 27.8 Å². The van der Waals surface area contributed by atoms with Crippen molar-refractivity contribution in [1.29, 1.82) is 0 Å². The first-order valence-corrected chi connectivity index (χ1v) is 16.9. The highest BCUT2D eigenvalue weighted by Gasteiger charge is 2.49. The van der Waals surface area contributed by atoms with Crippen LogP contribution in [0.2, 0.25) is 0 Å². The number of rotatable bonds is 9. The normalized spacial score (nSPS) is 25.2. The molecule has 2 aromatic carbocycles. The minimum absolute atomic E-state index is 0.0365. The summed E-state index contributed by atoms with van der Waals surface area (Å²) in [5, 5.41) is 3.93. The van der Waals surface area contributed by atoms with Gasteiger partial charge in [-0.2, -0.15) is 23.1 Å². The Bertz CT molecular complexity index is 1830. The predicted octanol–water partition coefficient (Wildman–Crippen LogP) is 6.41. The Kier molecular flexibility index (Phi) is 8.30. The van der Waals surface area contributed by atoms with Gasteiger partial charge in [-0.1, -0.05) is 36.4 Å². The standard InChI is InChI=1S/C36H37F5N6O2/c37-24-15-35(11-4-12-47(35)17-24)21-49-34-44-32-29(33(45-34)46-18-25-8-9-26(19-46)43-25)16-42-31(30(32)38)28-13-27(10-7-23(28)14-36(39,40)41)48-20-22-5-2-1-3-6-22/h1-3,5-7,10,13,16,24-26,43H,4,8-9,11-12,14-15,17-21H2/t24-,25?,26?,35+/m1/s1. The molecule has 0 spiro atoms. The van der Waals surface area contributed by atoms with Crippen molar-refractivity contribution in [3.05, 3.63) is 71.7 Å². The Balaban J connectivity index is 1.19. The van der Waals surface area contributed by atoms with E-state index in [1.54, 1.807) is 0 Å². The van der Waals surface area contributed by atoms with Gasteiger partial charge in [0.1, 0.15) is 42.2 Å². The predicted molar refractivity (Wildman–Crippen MR) is 174 cm³/mol. The molecule has 4 saturated heterocycles. The smallest absolute Gasteiger partial charge is 0.393 e.